The van der Waals surface area contributed by atoms with Crippen molar-refractivity contribution >= 4 is 0 Å². The fourth-order valence-corrected chi connectivity index (χ4v) is 0.333. The smallest absolute Gasteiger partial charge is 0.283 e. The van der Waals surface area contributed by atoms with Gasteiger partial charge in [-0.05, 0) is 13.3 Å². The summed E-state index contributed by atoms with van der Waals surface area (Å²) < 4.78 is 0. The molecule has 0 unspecified atom stereocenters. The number of hydrogen-bond donors (Lipinski definition) is 1. The van der Waals surface area contributed by atoms with Gasteiger partial charge in [-0.1, -0.05) is 25.5 Å². The average Bonchev–Trinajstić information content (AvgIpc) is 1.86. The van der Waals surface area contributed by atoms with E-state index in [2.05, 4.69) is 26.0 Å². The van der Waals surface area contributed by atoms with Crippen LogP contribution < -0.4 is 0 Å². The van der Waals surface area contributed by atoms with E-state index in [1.165, 1.54) is 12.8 Å². The van der Waals surface area contributed by atoms with Crippen LogP contribution >= 0.6 is 0 Å². The number of aliphatic hydroxyl groups excluding tert-OH is 1. The summed E-state index contributed by atoms with van der Waals surface area (Å²) in [5.41, 5.74) is 0. The number of rotatable bonds is 2. The average molecular weight is 127 g/mol. The Morgan fingerprint density at radius 1 is 1.67 bits per heavy atom. The Hall–Kier alpha value is -0.970. The highest BCUT2D eigenvalue weighted by atomic mass is 16.2. The van der Waals surface area contributed by atoms with Crippen LogP contribution in [0.1, 0.15) is 26.7 Å². The summed E-state index contributed by atoms with van der Waals surface area (Å²) in [6.07, 6.45) is 7.52. The lowest BCUT2D eigenvalue weighted by Gasteiger charge is -1.76. The topological polar surface area (TPSA) is 44.0 Å². The van der Waals surface area contributed by atoms with Crippen molar-refractivity contribution in [2.45, 2.75) is 26.7 Å². The normalized spacial score (nSPS) is 7.67. The third-order valence-electron chi connectivity index (χ3n) is 0.691. The molecule has 9 heavy (non-hydrogen) atoms. The molecule has 2 nitrogen and oxygen atoms in total. The van der Waals surface area contributed by atoms with Crippen LogP contribution in [0.2, 0.25) is 0 Å². The highest BCUT2D eigenvalue weighted by molar-refractivity contribution is 4.75. The van der Waals surface area contributed by atoms with E-state index in [1.54, 1.807) is 0 Å². The van der Waals surface area contributed by atoms with E-state index in [0.717, 1.165) is 6.26 Å². The number of aliphatic hydroxyl groups is 1. The summed E-state index contributed by atoms with van der Waals surface area (Å²) in [5.74, 6) is 0. The highest BCUT2D eigenvalue weighted by Gasteiger charge is 1.64. The molecule has 0 aliphatic heterocycles. The molecule has 2 heteroatoms. The van der Waals surface area contributed by atoms with Gasteiger partial charge in [0.05, 0.1) is 0 Å². The lowest BCUT2D eigenvalue weighted by Crippen LogP contribution is -1.55. The Morgan fingerprint density at radius 2 is 2.11 bits per heavy atom. The van der Waals surface area contributed by atoms with Crippen LogP contribution in [0.25, 0.3) is 0 Å². The van der Waals surface area contributed by atoms with Gasteiger partial charge in [-0.15, -0.1) is 0 Å². The molecule has 1 N–H and O–H groups in total. The molecular weight excluding hydrogens is 114 g/mol. The Labute approximate surface area is 56.4 Å². The largest absolute Gasteiger partial charge is 0.443 e. The van der Waals surface area contributed by atoms with E-state index in [1.807, 2.05) is 0 Å². The van der Waals surface area contributed by atoms with Crippen LogP contribution in [0.15, 0.2) is 12.2 Å². The Morgan fingerprint density at radius 3 is 2.22 bits per heavy atom. The van der Waals surface area contributed by atoms with Gasteiger partial charge >= 0.3 is 0 Å². The number of unbranched alkanes of at least 4 members (excludes halogenated alkanes) is 1. The molecule has 0 radical (unpaired) electrons. The third kappa shape index (κ3) is 43.2. The van der Waals surface area contributed by atoms with Crippen LogP contribution in [0.4, 0.5) is 0 Å². The quantitative estimate of drug-likeness (QED) is 0.456. The minimum absolute atomic E-state index is 0.750. The summed E-state index contributed by atoms with van der Waals surface area (Å²) in [6, 6.07) is 0. The Kier molecular flexibility index (Phi) is 19.1. The standard InChI is InChI=1S/C6H12.CHNO/c1-3-5-6-4-2;2-1-3/h3,5H,4,6H2,1-2H3;3H. The van der Waals surface area contributed by atoms with E-state index in [4.69, 9.17) is 10.4 Å². The second kappa shape index (κ2) is 15.7. The molecule has 0 saturated heterocycles. The maximum atomic E-state index is 6.88. The van der Waals surface area contributed by atoms with Gasteiger partial charge in [-0.3, -0.25) is 0 Å². The summed E-state index contributed by atoms with van der Waals surface area (Å²) in [6.45, 7) is 4.23. The molecule has 0 aromatic heterocycles. The molecule has 0 rings (SSSR count). The van der Waals surface area contributed by atoms with E-state index in [0.29, 0.717) is 0 Å². The number of nitrogens with zero attached hydrogens (tertiary/aromatic N) is 1. The molecule has 0 heterocycles. The van der Waals surface area contributed by atoms with Crippen LogP contribution in [-0.2, 0) is 0 Å². The van der Waals surface area contributed by atoms with Gasteiger partial charge in [0.15, 0.2) is 0 Å². The molecule has 52 valence electrons. The Balaban J connectivity index is 0. The van der Waals surface area contributed by atoms with Gasteiger partial charge in [0.1, 0.15) is 0 Å². The lowest BCUT2D eigenvalue weighted by atomic mass is 10.3. The van der Waals surface area contributed by atoms with E-state index in [9.17, 15) is 0 Å². The summed E-state index contributed by atoms with van der Waals surface area (Å²) in [7, 11) is 0. The zero-order chi connectivity index (χ0) is 7.54. The fourth-order valence-electron chi connectivity index (χ4n) is 0.333. The predicted molar refractivity (Wildman–Crippen MR) is 37.3 cm³/mol. The van der Waals surface area contributed by atoms with Crippen molar-refractivity contribution < 1.29 is 5.11 Å². The summed E-state index contributed by atoms with van der Waals surface area (Å²) >= 11 is 0. The first-order valence-corrected chi connectivity index (χ1v) is 2.97. The highest BCUT2D eigenvalue weighted by Crippen LogP contribution is 1.85. The van der Waals surface area contributed by atoms with E-state index < -0.39 is 0 Å². The summed E-state index contributed by atoms with van der Waals surface area (Å²) in [5, 5.41) is 13.8. The molecule has 0 fully saturated rings. The minimum atomic E-state index is 0.750. The molecule has 0 amide bonds. The van der Waals surface area contributed by atoms with Crippen molar-refractivity contribution in [3.8, 4) is 6.26 Å². The second-order valence-electron chi connectivity index (χ2n) is 1.46. The maximum absolute atomic E-state index is 6.88. The third-order valence-corrected chi connectivity index (χ3v) is 0.691. The number of nitriles is 1. The molecular formula is C7H13NO. The van der Waals surface area contributed by atoms with Crippen molar-refractivity contribution in [1.29, 1.82) is 5.26 Å². The lowest BCUT2D eigenvalue weighted by molar-refractivity contribution is 0.503. The second-order valence-corrected chi connectivity index (χ2v) is 1.46. The minimum Gasteiger partial charge on any atom is -0.443 e. The monoisotopic (exact) mass is 127 g/mol. The van der Waals surface area contributed by atoms with E-state index in [-0.39, 0.29) is 0 Å². The van der Waals surface area contributed by atoms with Crippen molar-refractivity contribution in [3.63, 3.8) is 0 Å². The van der Waals surface area contributed by atoms with Gasteiger partial charge in [0, 0.05) is 0 Å². The zero-order valence-corrected chi connectivity index (χ0v) is 5.96. The van der Waals surface area contributed by atoms with Crippen molar-refractivity contribution in [2.24, 2.45) is 0 Å². The first kappa shape index (κ1) is 10.9. The Bertz CT molecular complexity index is 91.6. The molecule has 0 aromatic rings. The molecule has 0 aliphatic carbocycles. The predicted octanol–water partition coefficient (Wildman–Crippen LogP) is 2.20. The van der Waals surface area contributed by atoms with Crippen molar-refractivity contribution in [3.05, 3.63) is 12.2 Å². The zero-order valence-electron chi connectivity index (χ0n) is 5.96. The molecule has 0 spiro atoms. The molecule has 0 aliphatic rings. The van der Waals surface area contributed by atoms with Crippen molar-refractivity contribution in [2.75, 3.05) is 0 Å². The van der Waals surface area contributed by atoms with Gasteiger partial charge in [0.25, 0.3) is 6.26 Å². The molecule has 0 saturated carbocycles. The first-order chi connectivity index (χ1) is 4.33. The molecule has 0 aromatic carbocycles. The van der Waals surface area contributed by atoms with Gasteiger partial charge in [-0.2, -0.15) is 5.26 Å². The van der Waals surface area contributed by atoms with Crippen LogP contribution in [0.5, 0.6) is 0 Å². The maximum Gasteiger partial charge on any atom is 0.283 e. The fraction of sp³-hybridized carbons (Fsp3) is 0.571. The van der Waals surface area contributed by atoms with Gasteiger partial charge in [-0.25, -0.2) is 0 Å². The number of allylic oxidation sites excluding steroid dienone is 2. The molecule has 0 bridgehead atoms. The van der Waals surface area contributed by atoms with Crippen molar-refractivity contribution in [1.82, 2.24) is 0 Å². The number of hydrogen-bond acceptors (Lipinski definition) is 2. The summed E-state index contributed by atoms with van der Waals surface area (Å²) in [4.78, 5) is 0. The van der Waals surface area contributed by atoms with Gasteiger partial charge < -0.3 is 5.11 Å². The first-order valence-electron chi connectivity index (χ1n) is 2.97. The van der Waals surface area contributed by atoms with Crippen LogP contribution in [0, 0.1) is 11.5 Å². The van der Waals surface area contributed by atoms with Crippen LogP contribution in [-0.4, -0.2) is 5.11 Å². The van der Waals surface area contributed by atoms with Crippen LogP contribution in [0.3, 0.4) is 0 Å². The van der Waals surface area contributed by atoms with Gasteiger partial charge in [0.2, 0.25) is 0 Å². The van der Waals surface area contributed by atoms with E-state index >= 15 is 0 Å². The SMILES string of the molecule is CC=CCCC.N#CO. The molecule has 0 atom stereocenters.